The molecule has 2 heterocycles. The zero-order valence-corrected chi connectivity index (χ0v) is 14.0. The van der Waals surface area contributed by atoms with Gasteiger partial charge in [0.1, 0.15) is 11.8 Å². The molecule has 2 fully saturated rings. The number of hydrogen-bond donors (Lipinski definition) is 2. The van der Waals surface area contributed by atoms with Crippen LogP contribution < -0.4 is 10.6 Å². The highest BCUT2D eigenvalue weighted by Crippen LogP contribution is 2.32. The van der Waals surface area contributed by atoms with E-state index in [0.29, 0.717) is 24.5 Å². The largest absolute Gasteiger partial charge is 0.381 e. The fraction of sp³-hybridized carbons (Fsp3) is 0.588. The maximum absolute atomic E-state index is 11.3. The third-order valence-electron chi connectivity index (χ3n) is 4.54. The lowest BCUT2D eigenvalue weighted by Crippen LogP contribution is -2.20. The fourth-order valence-corrected chi connectivity index (χ4v) is 3.18. The van der Waals surface area contributed by atoms with Crippen molar-refractivity contribution >= 4 is 17.1 Å². The first-order chi connectivity index (χ1) is 12.2. The molecule has 2 N–H and O–H groups in total. The second-order valence-electron chi connectivity index (χ2n) is 6.32. The van der Waals surface area contributed by atoms with Gasteiger partial charge in [-0.25, -0.2) is 0 Å². The summed E-state index contributed by atoms with van der Waals surface area (Å²) in [6.45, 7) is 2.58. The van der Waals surface area contributed by atoms with Crippen LogP contribution in [0.5, 0.6) is 0 Å². The normalized spacial score (nSPS) is 22.5. The first-order valence-corrected chi connectivity index (χ1v) is 8.61. The van der Waals surface area contributed by atoms with Crippen LogP contribution in [0.2, 0.25) is 0 Å². The van der Waals surface area contributed by atoms with Crippen LogP contribution in [0.15, 0.2) is 12.1 Å². The Balaban J connectivity index is 1.76. The number of ether oxygens (including phenoxy) is 2. The topological polar surface area (TPSA) is 109 Å². The van der Waals surface area contributed by atoms with Crippen LogP contribution >= 0.6 is 0 Å². The number of benzene rings is 1. The van der Waals surface area contributed by atoms with Gasteiger partial charge in [-0.15, -0.1) is 0 Å². The first kappa shape index (κ1) is 17.5. The van der Waals surface area contributed by atoms with Crippen LogP contribution in [0.25, 0.3) is 0 Å². The second-order valence-corrected chi connectivity index (χ2v) is 6.32. The zero-order valence-electron chi connectivity index (χ0n) is 14.0. The van der Waals surface area contributed by atoms with Crippen molar-refractivity contribution in [1.29, 1.82) is 5.26 Å². The molecule has 0 amide bonds. The predicted octanol–water partition coefficient (Wildman–Crippen LogP) is 2.65. The van der Waals surface area contributed by atoms with E-state index in [0.717, 1.165) is 38.9 Å². The molecule has 8 heteroatoms. The quantitative estimate of drug-likeness (QED) is 0.577. The molecule has 0 bridgehead atoms. The van der Waals surface area contributed by atoms with Crippen LogP contribution in [0.3, 0.4) is 0 Å². The molecule has 3 rings (SSSR count). The minimum atomic E-state index is -0.470. The number of nitrogens with one attached hydrogen (secondary N) is 2. The molecular formula is C17H22N4O4. The van der Waals surface area contributed by atoms with Crippen LogP contribution in [0, 0.1) is 21.4 Å². The lowest BCUT2D eigenvalue weighted by molar-refractivity contribution is -0.384. The van der Waals surface area contributed by atoms with Crippen LogP contribution in [0.1, 0.15) is 31.2 Å². The number of anilines is 2. The van der Waals surface area contributed by atoms with Gasteiger partial charge in [0, 0.05) is 32.4 Å². The van der Waals surface area contributed by atoms with E-state index in [9.17, 15) is 15.4 Å². The highest BCUT2D eigenvalue weighted by atomic mass is 16.6. The molecule has 2 atom stereocenters. The Bertz CT molecular complexity index is 661. The molecule has 0 spiro atoms. The van der Waals surface area contributed by atoms with E-state index in [2.05, 4.69) is 10.6 Å². The molecule has 0 saturated carbocycles. The molecular weight excluding hydrogens is 324 g/mol. The molecule has 0 aromatic heterocycles. The van der Waals surface area contributed by atoms with E-state index in [4.69, 9.17) is 9.47 Å². The summed E-state index contributed by atoms with van der Waals surface area (Å²) in [6.07, 6.45) is 4.15. The zero-order chi connectivity index (χ0) is 17.6. The molecule has 8 nitrogen and oxygen atoms in total. The molecule has 1 aromatic rings. The van der Waals surface area contributed by atoms with Crippen molar-refractivity contribution in [1.82, 2.24) is 0 Å². The summed E-state index contributed by atoms with van der Waals surface area (Å²) in [7, 11) is 0. The van der Waals surface area contributed by atoms with Crippen molar-refractivity contribution in [2.24, 2.45) is 0 Å². The summed E-state index contributed by atoms with van der Waals surface area (Å²) in [5.41, 5.74) is 1.14. The van der Waals surface area contributed by atoms with Gasteiger partial charge in [0.05, 0.1) is 28.4 Å². The Morgan fingerprint density at radius 3 is 2.20 bits per heavy atom. The van der Waals surface area contributed by atoms with E-state index >= 15 is 0 Å². The Morgan fingerprint density at radius 2 is 1.72 bits per heavy atom. The van der Waals surface area contributed by atoms with Crippen LogP contribution in [0.4, 0.5) is 17.1 Å². The standard InChI is InChI=1S/C17H22N4O4/c18-9-12-7-17(21(22)23)16(20-11-14-4-2-6-25-14)8-15(12)19-10-13-3-1-5-24-13/h7-8,13-14,19-20H,1-6,10-11H2/t13-,14-/m1/s1. The number of nitrogens with zero attached hydrogens (tertiary/aromatic N) is 2. The van der Waals surface area contributed by atoms with Crippen LogP contribution in [-0.2, 0) is 9.47 Å². The van der Waals surface area contributed by atoms with Gasteiger partial charge in [0.15, 0.2) is 0 Å². The van der Waals surface area contributed by atoms with Crippen molar-refractivity contribution in [3.8, 4) is 6.07 Å². The lowest BCUT2D eigenvalue weighted by Gasteiger charge is -2.16. The van der Waals surface area contributed by atoms with Gasteiger partial charge in [-0.1, -0.05) is 0 Å². The highest BCUT2D eigenvalue weighted by Gasteiger charge is 2.22. The number of nitro benzene ring substituents is 1. The third-order valence-corrected chi connectivity index (χ3v) is 4.54. The molecule has 2 aliphatic heterocycles. The van der Waals surface area contributed by atoms with Crippen molar-refractivity contribution in [2.45, 2.75) is 37.9 Å². The summed E-state index contributed by atoms with van der Waals surface area (Å²) in [6, 6.07) is 4.99. The smallest absolute Gasteiger partial charge is 0.293 e. The van der Waals surface area contributed by atoms with Gasteiger partial charge in [0.2, 0.25) is 0 Å². The van der Waals surface area contributed by atoms with Gasteiger partial charge in [-0.3, -0.25) is 10.1 Å². The minimum absolute atomic E-state index is 0.0681. The third kappa shape index (κ3) is 4.38. The summed E-state index contributed by atoms with van der Waals surface area (Å²) in [5, 5.41) is 27.0. The van der Waals surface area contributed by atoms with Gasteiger partial charge in [-0.2, -0.15) is 5.26 Å². The fourth-order valence-electron chi connectivity index (χ4n) is 3.18. The van der Waals surface area contributed by atoms with Gasteiger partial charge in [-0.05, 0) is 31.7 Å². The van der Waals surface area contributed by atoms with E-state index in [1.807, 2.05) is 6.07 Å². The summed E-state index contributed by atoms with van der Waals surface area (Å²) in [4.78, 5) is 10.9. The average Bonchev–Trinajstić information content (AvgIpc) is 3.31. The summed E-state index contributed by atoms with van der Waals surface area (Å²) in [5.74, 6) is 0. The molecule has 25 heavy (non-hydrogen) atoms. The second kappa shape index (κ2) is 8.14. The maximum atomic E-state index is 11.3. The Hall–Kier alpha value is -2.37. The molecule has 134 valence electrons. The maximum Gasteiger partial charge on any atom is 0.293 e. The molecule has 2 saturated heterocycles. The summed E-state index contributed by atoms with van der Waals surface area (Å²) >= 11 is 0. The monoisotopic (exact) mass is 346 g/mol. The van der Waals surface area contributed by atoms with E-state index in [1.165, 1.54) is 6.07 Å². The minimum Gasteiger partial charge on any atom is -0.381 e. The van der Waals surface area contributed by atoms with Gasteiger partial charge < -0.3 is 20.1 Å². The molecule has 2 aliphatic rings. The summed E-state index contributed by atoms with van der Waals surface area (Å²) < 4.78 is 11.1. The number of hydrogen-bond acceptors (Lipinski definition) is 7. The van der Waals surface area contributed by atoms with Gasteiger partial charge in [0.25, 0.3) is 5.69 Å². The Labute approximate surface area is 146 Å². The van der Waals surface area contributed by atoms with E-state index in [1.54, 1.807) is 6.07 Å². The molecule has 1 aromatic carbocycles. The van der Waals surface area contributed by atoms with Crippen LogP contribution in [-0.4, -0.2) is 43.4 Å². The number of nitro groups is 1. The van der Waals surface area contributed by atoms with Crippen molar-refractivity contribution in [2.75, 3.05) is 36.9 Å². The Morgan fingerprint density at radius 1 is 1.12 bits per heavy atom. The SMILES string of the molecule is N#Cc1cc([N+](=O)[O-])c(NC[C@H]2CCCO2)cc1NC[C@H]1CCCO1. The van der Waals surface area contributed by atoms with E-state index in [-0.39, 0.29) is 23.5 Å². The highest BCUT2D eigenvalue weighted by molar-refractivity contribution is 5.74. The van der Waals surface area contributed by atoms with E-state index < -0.39 is 4.92 Å². The first-order valence-electron chi connectivity index (χ1n) is 8.61. The number of rotatable bonds is 7. The van der Waals surface area contributed by atoms with Crippen molar-refractivity contribution in [3.63, 3.8) is 0 Å². The molecule has 0 radical (unpaired) electrons. The van der Waals surface area contributed by atoms with Gasteiger partial charge >= 0.3 is 0 Å². The lowest BCUT2D eigenvalue weighted by atomic mass is 10.1. The van der Waals surface area contributed by atoms with Crippen molar-refractivity contribution < 1.29 is 14.4 Å². The predicted molar refractivity (Wildman–Crippen MR) is 92.7 cm³/mol. The molecule has 0 unspecified atom stereocenters. The average molecular weight is 346 g/mol. The number of nitriles is 1. The Kier molecular flexibility index (Phi) is 5.68. The van der Waals surface area contributed by atoms with Crippen molar-refractivity contribution in [3.05, 3.63) is 27.8 Å². The molecule has 0 aliphatic carbocycles.